The Labute approximate surface area is 146 Å². The van der Waals surface area contributed by atoms with E-state index in [1.54, 1.807) is 16.7 Å². The van der Waals surface area contributed by atoms with Gasteiger partial charge < -0.3 is 0 Å². The minimum atomic E-state index is -1.57. The molecule has 0 radical (unpaired) electrons. The molecule has 0 heterocycles. The number of allylic oxidation sites excluding steroid dienone is 4. The average molecular weight is 331 g/mol. The number of hydrogen-bond acceptors (Lipinski definition) is 0. The summed E-state index contributed by atoms with van der Waals surface area (Å²) in [7, 11) is -1.57. The fraction of sp³-hybridized carbons (Fsp3) is 0.304. The van der Waals surface area contributed by atoms with E-state index in [-0.39, 0.29) is 0 Å². The van der Waals surface area contributed by atoms with E-state index in [0.29, 0.717) is 11.1 Å². The molecule has 122 valence electrons. The van der Waals surface area contributed by atoms with E-state index >= 15 is 0 Å². The van der Waals surface area contributed by atoms with Crippen molar-refractivity contribution in [3.05, 3.63) is 83.5 Å². The van der Waals surface area contributed by atoms with Crippen LogP contribution in [-0.2, 0) is 0 Å². The molecule has 2 aliphatic carbocycles. The Morgan fingerprint density at radius 3 is 2.04 bits per heavy atom. The van der Waals surface area contributed by atoms with Gasteiger partial charge in [0.25, 0.3) is 0 Å². The number of fused-ring (bicyclic) bond motifs is 3. The van der Waals surface area contributed by atoms with E-state index in [9.17, 15) is 0 Å². The van der Waals surface area contributed by atoms with Crippen LogP contribution >= 0.6 is 0 Å². The van der Waals surface area contributed by atoms with Crippen LogP contribution < -0.4 is 0 Å². The average Bonchev–Trinajstić information content (AvgIpc) is 3.18. The Morgan fingerprint density at radius 1 is 0.875 bits per heavy atom. The fourth-order valence-corrected chi connectivity index (χ4v) is 8.36. The predicted molar refractivity (Wildman–Crippen MR) is 107 cm³/mol. The minimum absolute atomic E-state index is 0.594. The van der Waals surface area contributed by atoms with Crippen molar-refractivity contribution in [2.75, 3.05) is 0 Å². The smallest absolute Gasteiger partial charge is 0.0715 e. The van der Waals surface area contributed by atoms with E-state index < -0.39 is 8.07 Å². The third-order valence-corrected chi connectivity index (χ3v) is 10.1. The molecule has 2 aliphatic rings. The first-order valence-corrected chi connectivity index (χ1v) is 12.4. The normalized spacial score (nSPS) is 19.3. The molecule has 1 atom stereocenters. The van der Waals surface area contributed by atoms with Crippen LogP contribution in [0.15, 0.2) is 72.3 Å². The van der Waals surface area contributed by atoms with Crippen molar-refractivity contribution in [1.82, 2.24) is 0 Å². The highest BCUT2D eigenvalue weighted by Gasteiger charge is 2.44. The van der Waals surface area contributed by atoms with Gasteiger partial charge in [-0.25, -0.2) is 0 Å². The number of rotatable bonds is 4. The Balaban J connectivity index is 1.80. The molecule has 0 spiro atoms. The van der Waals surface area contributed by atoms with Crippen molar-refractivity contribution in [1.29, 1.82) is 0 Å². The molecule has 2 aromatic rings. The lowest BCUT2D eigenvalue weighted by atomic mass is 10.1. The summed E-state index contributed by atoms with van der Waals surface area (Å²) in [6.07, 6.45) is 9.89. The molecule has 24 heavy (non-hydrogen) atoms. The molecule has 1 unspecified atom stereocenters. The Bertz CT molecular complexity index is 780. The summed E-state index contributed by atoms with van der Waals surface area (Å²) in [5, 5.41) is 0. The Hall–Kier alpha value is -1.86. The van der Waals surface area contributed by atoms with E-state index in [2.05, 4.69) is 86.8 Å². The van der Waals surface area contributed by atoms with Gasteiger partial charge in [-0.2, -0.15) is 0 Å². The maximum Gasteiger partial charge on any atom is 0.0715 e. The molecule has 0 nitrogen and oxygen atoms in total. The van der Waals surface area contributed by atoms with Gasteiger partial charge in [0.05, 0.1) is 8.07 Å². The number of hydrogen-bond donors (Lipinski definition) is 0. The molecule has 0 aliphatic heterocycles. The predicted octanol–water partition coefficient (Wildman–Crippen LogP) is 6.71. The third kappa shape index (κ3) is 2.34. The van der Waals surface area contributed by atoms with Gasteiger partial charge in [0.1, 0.15) is 0 Å². The van der Waals surface area contributed by atoms with Gasteiger partial charge in [-0.05, 0) is 34.2 Å². The highest BCUT2D eigenvalue weighted by molar-refractivity contribution is 6.82. The van der Waals surface area contributed by atoms with Gasteiger partial charge >= 0.3 is 0 Å². The molecule has 2 aromatic carbocycles. The van der Waals surface area contributed by atoms with Crippen LogP contribution in [0.3, 0.4) is 0 Å². The van der Waals surface area contributed by atoms with Gasteiger partial charge in [-0.15, -0.1) is 0 Å². The summed E-state index contributed by atoms with van der Waals surface area (Å²) in [4.78, 5) is 0. The molecule has 0 aromatic heterocycles. The van der Waals surface area contributed by atoms with Crippen LogP contribution in [0.4, 0.5) is 0 Å². The minimum Gasteiger partial charge on any atom is -0.0800 e. The van der Waals surface area contributed by atoms with Crippen molar-refractivity contribution < 1.29 is 0 Å². The molecule has 0 bridgehead atoms. The highest BCUT2D eigenvalue weighted by atomic mass is 28.3. The summed E-state index contributed by atoms with van der Waals surface area (Å²) in [6.45, 7) is 7.43. The summed E-state index contributed by atoms with van der Waals surface area (Å²) in [5.41, 5.74) is 8.81. The van der Waals surface area contributed by atoms with Crippen molar-refractivity contribution in [2.45, 2.75) is 43.9 Å². The maximum absolute atomic E-state index is 2.58. The summed E-state index contributed by atoms with van der Waals surface area (Å²) >= 11 is 0. The van der Waals surface area contributed by atoms with E-state index in [1.807, 2.05) is 0 Å². The first kappa shape index (κ1) is 15.7. The number of benzene rings is 2. The van der Waals surface area contributed by atoms with E-state index in [0.717, 1.165) is 0 Å². The quantitative estimate of drug-likeness (QED) is 0.546. The second-order valence-electron chi connectivity index (χ2n) is 7.81. The van der Waals surface area contributed by atoms with Crippen LogP contribution in [0, 0.1) is 0 Å². The highest BCUT2D eigenvalue weighted by Crippen LogP contribution is 2.52. The molecule has 0 amide bonds. The summed E-state index contributed by atoms with van der Waals surface area (Å²) in [5.74, 6) is 0. The van der Waals surface area contributed by atoms with E-state index in [1.165, 1.54) is 24.0 Å². The van der Waals surface area contributed by atoms with E-state index in [4.69, 9.17) is 0 Å². The maximum atomic E-state index is 2.58. The molecular formula is C23H26Si. The molecule has 0 fully saturated rings. The van der Waals surface area contributed by atoms with Crippen LogP contribution in [0.5, 0.6) is 0 Å². The molecular weight excluding hydrogens is 304 g/mol. The third-order valence-electron chi connectivity index (χ3n) is 5.89. The lowest BCUT2D eigenvalue weighted by molar-refractivity contribution is 0.926. The SMILES string of the molecule is CCCC1=CC([Si](C)(C)C2c3ccccc3-c3ccccc32)C=C1. The zero-order valence-electron chi connectivity index (χ0n) is 14.9. The molecule has 0 N–H and O–H groups in total. The van der Waals surface area contributed by atoms with Crippen LogP contribution in [0.1, 0.15) is 36.4 Å². The molecule has 0 saturated heterocycles. The first-order valence-electron chi connectivity index (χ1n) is 9.20. The van der Waals surface area contributed by atoms with Crippen molar-refractivity contribution in [3.63, 3.8) is 0 Å². The topological polar surface area (TPSA) is 0 Å². The van der Waals surface area contributed by atoms with Crippen LogP contribution in [0.2, 0.25) is 18.6 Å². The second kappa shape index (κ2) is 5.89. The van der Waals surface area contributed by atoms with Gasteiger partial charge in [-0.3, -0.25) is 0 Å². The molecule has 0 saturated carbocycles. The van der Waals surface area contributed by atoms with Crippen molar-refractivity contribution in [3.8, 4) is 11.1 Å². The fourth-order valence-electron chi connectivity index (χ4n) is 4.64. The van der Waals surface area contributed by atoms with Crippen LogP contribution in [-0.4, -0.2) is 8.07 Å². The monoisotopic (exact) mass is 330 g/mol. The van der Waals surface area contributed by atoms with Gasteiger partial charge in [0.15, 0.2) is 0 Å². The lowest BCUT2D eigenvalue weighted by Gasteiger charge is -2.35. The standard InChI is InChI=1S/C23H26Si/c1-4-9-17-14-15-18(16-17)24(2,3)23-21-12-7-5-10-19(21)20-11-6-8-13-22(20)23/h5-8,10-16,18,23H,4,9H2,1-3H3. The van der Waals surface area contributed by atoms with Gasteiger partial charge in [-0.1, -0.05) is 98.8 Å². The first-order chi connectivity index (χ1) is 11.6. The second-order valence-corrected chi connectivity index (χ2v) is 12.7. The molecule has 4 rings (SSSR count). The zero-order chi connectivity index (χ0) is 16.7. The largest absolute Gasteiger partial charge is 0.0800 e. The zero-order valence-corrected chi connectivity index (χ0v) is 15.9. The Kier molecular flexibility index (Phi) is 3.84. The van der Waals surface area contributed by atoms with Crippen molar-refractivity contribution in [2.24, 2.45) is 0 Å². The van der Waals surface area contributed by atoms with Crippen molar-refractivity contribution >= 4 is 8.07 Å². The van der Waals surface area contributed by atoms with Gasteiger partial charge in [0, 0.05) is 5.54 Å². The summed E-state index contributed by atoms with van der Waals surface area (Å²) in [6, 6.07) is 18.1. The van der Waals surface area contributed by atoms with Gasteiger partial charge in [0.2, 0.25) is 0 Å². The lowest BCUT2D eigenvalue weighted by Crippen LogP contribution is -2.38. The summed E-state index contributed by atoms with van der Waals surface area (Å²) < 4.78 is 0. The molecule has 1 heteroatoms. The van der Waals surface area contributed by atoms with Crippen LogP contribution in [0.25, 0.3) is 11.1 Å². The Morgan fingerprint density at radius 2 is 1.46 bits per heavy atom.